The number of rotatable bonds is 1. The van der Waals surface area contributed by atoms with Crippen LogP contribution in [0.25, 0.3) is 5.03 Å². The van der Waals surface area contributed by atoms with Crippen LogP contribution in [-0.4, -0.2) is 4.98 Å². The average Bonchev–Trinajstić information content (AvgIpc) is 2.12. The van der Waals surface area contributed by atoms with E-state index < -0.39 is 5.56 Å². The smallest absolute Gasteiger partial charge is 0.267 e. The van der Waals surface area contributed by atoms with E-state index >= 15 is 0 Å². The molecule has 1 aromatic rings. The molecular formula is C8H5Cl4NO. The van der Waals surface area contributed by atoms with E-state index in [4.69, 9.17) is 46.4 Å². The van der Waals surface area contributed by atoms with E-state index in [-0.39, 0.29) is 14.5 Å². The van der Waals surface area contributed by atoms with Crippen molar-refractivity contribution in [3.05, 3.63) is 37.2 Å². The highest BCUT2D eigenvalue weighted by atomic mass is 35.5. The second-order valence-corrected chi connectivity index (χ2v) is 4.29. The Kier molecular flexibility index (Phi) is 3.90. The molecule has 0 bridgehead atoms. The van der Waals surface area contributed by atoms with Gasteiger partial charge in [0.05, 0.1) is 10.7 Å². The van der Waals surface area contributed by atoms with Gasteiger partial charge in [-0.05, 0) is 18.6 Å². The van der Waals surface area contributed by atoms with Crippen LogP contribution in [0.5, 0.6) is 0 Å². The van der Waals surface area contributed by atoms with Crippen LogP contribution in [0.2, 0.25) is 5.02 Å². The molecule has 0 radical (unpaired) electrons. The highest BCUT2D eigenvalue weighted by Gasteiger charge is 2.08. The second-order valence-electron chi connectivity index (χ2n) is 2.58. The summed E-state index contributed by atoms with van der Waals surface area (Å²) in [5.74, 6) is 0. The zero-order valence-corrected chi connectivity index (χ0v) is 10.0. The lowest BCUT2D eigenvalue weighted by Gasteiger charge is -2.02. The van der Waals surface area contributed by atoms with Crippen LogP contribution in [0, 0.1) is 6.92 Å². The molecule has 0 saturated carbocycles. The van der Waals surface area contributed by atoms with Gasteiger partial charge in [-0.1, -0.05) is 46.4 Å². The van der Waals surface area contributed by atoms with Crippen molar-refractivity contribution >= 4 is 51.4 Å². The fraction of sp³-hybridized carbons (Fsp3) is 0.125. The maximum absolute atomic E-state index is 11.2. The third-order valence-corrected chi connectivity index (χ3v) is 2.99. The van der Waals surface area contributed by atoms with Crippen LogP contribution in [0.1, 0.15) is 11.3 Å². The molecule has 0 aliphatic heterocycles. The molecule has 0 saturated heterocycles. The quantitative estimate of drug-likeness (QED) is 0.831. The van der Waals surface area contributed by atoms with Crippen molar-refractivity contribution in [1.29, 1.82) is 0 Å². The molecule has 2 nitrogen and oxygen atoms in total. The van der Waals surface area contributed by atoms with Gasteiger partial charge in [-0.25, -0.2) is 0 Å². The second kappa shape index (κ2) is 4.58. The lowest BCUT2D eigenvalue weighted by molar-refractivity contribution is 1.18. The molecule has 14 heavy (non-hydrogen) atoms. The molecule has 0 aliphatic rings. The van der Waals surface area contributed by atoms with Gasteiger partial charge in [0.25, 0.3) is 5.56 Å². The number of H-pyrrole nitrogens is 1. The zero-order valence-electron chi connectivity index (χ0n) is 7.00. The number of pyridine rings is 1. The van der Waals surface area contributed by atoms with Crippen LogP contribution < -0.4 is 5.56 Å². The van der Waals surface area contributed by atoms with Crippen LogP contribution in [0.3, 0.4) is 0 Å². The number of halogens is 4. The molecule has 0 amide bonds. The molecule has 1 rings (SSSR count). The lowest BCUT2D eigenvalue weighted by Crippen LogP contribution is -2.09. The number of aromatic nitrogens is 1. The normalized spacial score (nSPS) is 10.1. The van der Waals surface area contributed by atoms with Gasteiger partial charge in [0.15, 0.2) is 0 Å². The van der Waals surface area contributed by atoms with E-state index in [0.717, 1.165) is 0 Å². The average molecular weight is 273 g/mol. The number of aryl methyl sites for hydroxylation is 1. The van der Waals surface area contributed by atoms with Gasteiger partial charge in [-0.2, -0.15) is 0 Å². The third-order valence-electron chi connectivity index (χ3n) is 1.56. The first-order valence-corrected chi connectivity index (χ1v) is 5.05. The Labute approximate surface area is 100 Å². The van der Waals surface area contributed by atoms with Crippen molar-refractivity contribution in [2.75, 3.05) is 0 Å². The Balaban J connectivity index is 3.41. The summed E-state index contributed by atoms with van der Waals surface area (Å²) >= 11 is 22.3. The monoisotopic (exact) mass is 271 g/mol. The van der Waals surface area contributed by atoms with Gasteiger partial charge in [-0.3, -0.25) is 4.79 Å². The lowest BCUT2D eigenvalue weighted by atomic mass is 10.2. The Morgan fingerprint density at radius 2 is 1.93 bits per heavy atom. The van der Waals surface area contributed by atoms with Crippen molar-refractivity contribution in [3.8, 4) is 0 Å². The third kappa shape index (κ3) is 2.45. The fourth-order valence-corrected chi connectivity index (χ4v) is 1.30. The van der Waals surface area contributed by atoms with Crippen molar-refractivity contribution in [1.82, 2.24) is 4.98 Å². The summed E-state index contributed by atoms with van der Waals surface area (Å²) in [6, 6.07) is 1.59. The van der Waals surface area contributed by atoms with E-state index in [9.17, 15) is 4.79 Å². The van der Waals surface area contributed by atoms with Gasteiger partial charge in [0.2, 0.25) is 0 Å². The molecule has 0 aliphatic carbocycles. The highest BCUT2D eigenvalue weighted by Crippen LogP contribution is 2.27. The van der Waals surface area contributed by atoms with Gasteiger partial charge in [0.1, 0.15) is 9.51 Å². The number of aromatic amines is 1. The van der Waals surface area contributed by atoms with E-state index in [1.165, 1.54) is 0 Å². The molecule has 76 valence electrons. The molecule has 1 heterocycles. The number of hydrogen-bond donors (Lipinski definition) is 1. The van der Waals surface area contributed by atoms with Crippen molar-refractivity contribution in [2.45, 2.75) is 6.92 Å². The topological polar surface area (TPSA) is 32.9 Å². The first-order chi connectivity index (χ1) is 6.43. The van der Waals surface area contributed by atoms with E-state index in [1.807, 2.05) is 0 Å². The minimum absolute atomic E-state index is 0.0881. The Morgan fingerprint density at radius 1 is 1.36 bits per heavy atom. The molecule has 0 aromatic carbocycles. The van der Waals surface area contributed by atoms with Gasteiger partial charge in [-0.15, -0.1) is 0 Å². The zero-order chi connectivity index (χ0) is 10.9. The van der Waals surface area contributed by atoms with Crippen LogP contribution in [-0.2, 0) is 0 Å². The predicted octanol–water partition coefficient (Wildman–Crippen LogP) is 3.68. The van der Waals surface area contributed by atoms with Crippen molar-refractivity contribution in [3.63, 3.8) is 0 Å². The van der Waals surface area contributed by atoms with Crippen LogP contribution >= 0.6 is 46.4 Å². The molecule has 0 atom stereocenters. The highest BCUT2D eigenvalue weighted by molar-refractivity contribution is 6.66. The number of hydrogen-bond acceptors (Lipinski definition) is 1. The summed E-state index contributed by atoms with van der Waals surface area (Å²) in [7, 11) is 0. The molecule has 1 aromatic heterocycles. The fourth-order valence-electron chi connectivity index (χ4n) is 0.892. The number of nitrogens with one attached hydrogen (secondary N) is 1. The Hall–Kier alpha value is -0.150. The Bertz CT molecular complexity index is 445. The first kappa shape index (κ1) is 11.9. The summed E-state index contributed by atoms with van der Waals surface area (Å²) in [5, 5.41) is 0.217. The predicted molar refractivity (Wildman–Crippen MR) is 61.3 cm³/mol. The standard InChI is InChI=1S/C8H5Cl4NO/c1-3-2-4(6(10)7(11)12)13-8(14)5(3)9/h2H,1H3,(H,13,14). The molecule has 0 fully saturated rings. The van der Waals surface area contributed by atoms with Crippen molar-refractivity contribution < 1.29 is 0 Å². The Morgan fingerprint density at radius 3 is 2.36 bits per heavy atom. The molecule has 6 heteroatoms. The summed E-state index contributed by atoms with van der Waals surface area (Å²) in [6.45, 7) is 1.69. The van der Waals surface area contributed by atoms with Crippen molar-refractivity contribution in [2.24, 2.45) is 0 Å². The molecule has 0 unspecified atom stereocenters. The molecule has 1 N–H and O–H groups in total. The minimum atomic E-state index is -0.422. The van der Waals surface area contributed by atoms with Gasteiger partial charge < -0.3 is 4.98 Å². The van der Waals surface area contributed by atoms with E-state index in [2.05, 4.69) is 4.98 Å². The van der Waals surface area contributed by atoms with E-state index in [1.54, 1.807) is 13.0 Å². The summed E-state index contributed by atoms with van der Waals surface area (Å²) in [4.78, 5) is 13.7. The summed E-state index contributed by atoms with van der Waals surface area (Å²) < 4.78 is -0.107. The SMILES string of the molecule is Cc1cc(C(Cl)=C(Cl)Cl)[nH]c(=O)c1Cl. The maximum atomic E-state index is 11.2. The molecule has 0 spiro atoms. The van der Waals surface area contributed by atoms with E-state index in [0.29, 0.717) is 11.3 Å². The minimum Gasteiger partial charge on any atom is -0.320 e. The summed E-state index contributed by atoms with van der Waals surface area (Å²) in [6.07, 6.45) is 0. The maximum Gasteiger partial charge on any atom is 0.267 e. The largest absolute Gasteiger partial charge is 0.320 e. The molecular weight excluding hydrogens is 268 g/mol. The van der Waals surface area contributed by atoms with Gasteiger partial charge >= 0.3 is 0 Å². The summed E-state index contributed by atoms with van der Waals surface area (Å²) in [5.41, 5.74) is 0.533. The first-order valence-electron chi connectivity index (χ1n) is 3.54. The van der Waals surface area contributed by atoms with Crippen LogP contribution in [0.4, 0.5) is 0 Å². The van der Waals surface area contributed by atoms with Crippen LogP contribution in [0.15, 0.2) is 15.4 Å². The van der Waals surface area contributed by atoms with Gasteiger partial charge in [0, 0.05) is 0 Å².